The third-order valence-electron chi connectivity index (χ3n) is 7.05. The summed E-state index contributed by atoms with van der Waals surface area (Å²) in [6.45, 7) is 6.21. The Morgan fingerprint density at radius 1 is 0.848 bits per heavy atom. The smallest absolute Gasteiger partial charge is 0.118 e. The molecule has 1 aliphatic heterocycles. The van der Waals surface area contributed by atoms with Crippen molar-refractivity contribution in [2.75, 3.05) is 26.7 Å². The number of ether oxygens (including phenoxy) is 1. The normalized spacial score (nSPS) is 17.1. The standard InChI is InChI=1S/C28H32N2O2.ClH/c1-21(20-30-26-9-5-3-7-24(26)25-8-4-6-10-27(25)30)19-29-17-15-28(31,16-18-29)22-11-13-23(32-2)14-12-22;/h3-14,21,31H,15-20H2,1-2H3;1H. The van der Waals surface area contributed by atoms with E-state index in [1.807, 2.05) is 24.3 Å². The largest absolute Gasteiger partial charge is 0.497 e. The topological polar surface area (TPSA) is 37.6 Å². The molecular formula is C28H33ClN2O2. The first-order chi connectivity index (χ1) is 15.6. The molecule has 1 N–H and O–H groups in total. The van der Waals surface area contributed by atoms with Crippen LogP contribution in [0.1, 0.15) is 25.3 Å². The number of hydrogen-bond donors (Lipinski definition) is 1. The van der Waals surface area contributed by atoms with Crippen LogP contribution in [-0.2, 0) is 12.1 Å². The van der Waals surface area contributed by atoms with Crippen molar-refractivity contribution in [1.29, 1.82) is 0 Å². The molecule has 0 amide bonds. The molecule has 3 aromatic carbocycles. The van der Waals surface area contributed by atoms with Crippen LogP contribution >= 0.6 is 12.4 Å². The van der Waals surface area contributed by atoms with Crippen LogP contribution < -0.4 is 4.74 Å². The highest BCUT2D eigenvalue weighted by Crippen LogP contribution is 2.34. The molecule has 1 atom stereocenters. The fourth-order valence-electron chi connectivity index (χ4n) is 5.31. The van der Waals surface area contributed by atoms with Crippen molar-refractivity contribution in [3.05, 3.63) is 78.4 Å². The maximum absolute atomic E-state index is 11.2. The van der Waals surface area contributed by atoms with Crippen molar-refractivity contribution in [3.63, 3.8) is 0 Å². The molecule has 0 aliphatic carbocycles. The zero-order valence-corrected chi connectivity index (χ0v) is 20.2. The summed E-state index contributed by atoms with van der Waals surface area (Å²) in [7, 11) is 1.67. The summed E-state index contributed by atoms with van der Waals surface area (Å²) in [6, 6.07) is 25.3. The van der Waals surface area contributed by atoms with E-state index in [1.54, 1.807) is 7.11 Å². The van der Waals surface area contributed by atoms with Crippen molar-refractivity contribution >= 4 is 34.2 Å². The summed E-state index contributed by atoms with van der Waals surface area (Å²) in [5.74, 6) is 1.34. The van der Waals surface area contributed by atoms with Crippen molar-refractivity contribution < 1.29 is 9.84 Å². The predicted molar refractivity (Wildman–Crippen MR) is 138 cm³/mol. The van der Waals surface area contributed by atoms with Gasteiger partial charge in [-0.3, -0.25) is 0 Å². The molecule has 1 aliphatic rings. The number of aliphatic hydroxyl groups is 1. The second-order valence-corrected chi connectivity index (χ2v) is 9.31. The second kappa shape index (κ2) is 9.76. The first kappa shape index (κ1) is 23.6. The number of nitrogens with zero attached hydrogens (tertiary/aromatic N) is 2. The third kappa shape index (κ3) is 4.61. The molecule has 1 fully saturated rings. The van der Waals surface area contributed by atoms with Crippen LogP contribution in [0.3, 0.4) is 0 Å². The quantitative estimate of drug-likeness (QED) is 0.389. The minimum absolute atomic E-state index is 0. The minimum atomic E-state index is -0.737. The van der Waals surface area contributed by atoms with Gasteiger partial charge in [-0.15, -0.1) is 12.4 Å². The van der Waals surface area contributed by atoms with Gasteiger partial charge in [0.05, 0.1) is 12.7 Å². The van der Waals surface area contributed by atoms with Gasteiger partial charge in [-0.05, 0) is 48.6 Å². The zero-order chi connectivity index (χ0) is 22.1. The number of methoxy groups -OCH3 is 1. The van der Waals surface area contributed by atoms with Crippen molar-refractivity contribution in [2.45, 2.75) is 31.9 Å². The van der Waals surface area contributed by atoms with Gasteiger partial charge < -0.3 is 19.3 Å². The molecule has 1 saturated heterocycles. The fourth-order valence-corrected chi connectivity index (χ4v) is 5.31. The van der Waals surface area contributed by atoms with E-state index in [-0.39, 0.29) is 12.4 Å². The maximum Gasteiger partial charge on any atom is 0.118 e. The number of para-hydroxylation sites is 2. The van der Waals surface area contributed by atoms with Crippen LogP contribution in [0, 0.1) is 5.92 Å². The summed E-state index contributed by atoms with van der Waals surface area (Å²) >= 11 is 0. The Morgan fingerprint density at radius 3 is 1.94 bits per heavy atom. The monoisotopic (exact) mass is 464 g/mol. The summed E-state index contributed by atoms with van der Waals surface area (Å²) in [5, 5.41) is 13.9. The number of halogens is 1. The van der Waals surface area contributed by atoms with E-state index in [2.05, 4.69) is 64.9 Å². The maximum atomic E-state index is 11.2. The van der Waals surface area contributed by atoms with Crippen molar-refractivity contribution in [3.8, 4) is 5.75 Å². The van der Waals surface area contributed by atoms with Crippen LogP contribution in [0.5, 0.6) is 5.75 Å². The highest BCUT2D eigenvalue weighted by Gasteiger charge is 2.34. The van der Waals surface area contributed by atoms with Gasteiger partial charge in [-0.25, -0.2) is 0 Å². The highest BCUT2D eigenvalue weighted by atomic mass is 35.5. The number of benzene rings is 3. The van der Waals surface area contributed by atoms with E-state index in [0.717, 1.165) is 50.3 Å². The van der Waals surface area contributed by atoms with Gasteiger partial charge in [-0.2, -0.15) is 0 Å². The molecular weight excluding hydrogens is 432 g/mol. The van der Waals surface area contributed by atoms with E-state index in [9.17, 15) is 5.11 Å². The van der Waals surface area contributed by atoms with Crippen LogP contribution in [0.15, 0.2) is 72.8 Å². The molecule has 5 heteroatoms. The Labute approximate surface area is 202 Å². The lowest BCUT2D eigenvalue weighted by atomic mass is 9.84. The number of fused-ring (bicyclic) bond motifs is 3. The van der Waals surface area contributed by atoms with E-state index in [0.29, 0.717) is 5.92 Å². The lowest BCUT2D eigenvalue weighted by Gasteiger charge is -2.39. The van der Waals surface area contributed by atoms with Crippen LogP contribution in [0.25, 0.3) is 21.8 Å². The average molecular weight is 465 g/mol. The number of rotatable bonds is 6. The van der Waals surface area contributed by atoms with E-state index in [4.69, 9.17) is 4.74 Å². The Balaban J connectivity index is 0.00000259. The van der Waals surface area contributed by atoms with Gasteiger partial charge in [0, 0.05) is 48.0 Å². The minimum Gasteiger partial charge on any atom is -0.497 e. The highest BCUT2D eigenvalue weighted by molar-refractivity contribution is 6.07. The summed E-state index contributed by atoms with van der Waals surface area (Å²) in [5.41, 5.74) is 2.89. The molecule has 2 heterocycles. The molecule has 1 unspecified atom stereocenters. The van der Waals surface area contributed by atoms with Gasteiger partial charge in [0.1, 0.15) is 5.75 Å². The molecule has 0 bridgehead atoms. The first-order valence-corrected chi connectivity index (χ1v) is 11.6. The SMILES string of the molecule is COc1ccc(C2(O)CCN(CC(C)Cn3c4ccccc4c4ccccc43)CC2)cc1.Cl. The number of hydrogen-bond acceptors (Lipinski definition) is 3. The van der Waals surface area contributed by atoms with Gasteiger partial charge in [-0.1, -0.05) is 55.5 Å². The number of piperidine rings is 1. The van der Waals surface area contributed by atoms with Gasteiger partial charge in [0.25, 0.3) is 0 Å². The van der Waals surface area contributed by atoms with E-state index in [1.165, 1.54) is 21.8 Å². The lowest BCUT2D eigenvalue weighted by Crippen LogP contribution is -2.44. The molecule has 0 radical (unpaired) electrons. The average Bonchev–Trinajstić information content (AvgIpc) is 3.14. The molecule has 0 spiro atoms. The molecule has 33 heavy (non-hydrogen) atoms. The number of aromatic nitrogens is 1. The molecule has 5 rings (SSSR count). The Kier molecular flexibility index (Phi) is 6.99. The number of likely N-dealkylation sites (tertiary alicyclic amines) is 1. The summed E-state index contributed by atoms with van der Waals surface area (Å²) in [6.07, 6.45) is 1.53. The van der Waals surface area contributed by atoms with E-state index < -0.39 is 5.60 Å². The predicted octanol–water partition coefficient (Wildman–Crippen LogP) is 5.84. The van der Waals surface area contributed by atoms with Crippen LogP contribution in [-0.4, -0.2) is 41.3 Å². The van der Waals surface area contributed by atoms with Gasteiger partial charge in [0.15, 0.2) is 0 Å². The lowest BCUT2D eigenvalue weighted by molar-refractivity contribution is -0.0287. The first-order valence-electron chi connectivity index (χ1n) is 11.6. The summed E-state index contributed by atoms with van der Waals surface area (Å²) in [4.78, 5) is 2.51. The van der Waals surface area contributed by atoms with E-state index >= 15 is 0 Å². The second-order valence-electron chi connectivity index (χ2n) is 9.31. The molecule has 174 valence electrons. The molecule has 0 saturated carbocycles. The van der Waals surface area contributed by atoms with Crippen molar-refractivity contribution in [2.24, 2.45) is 5.92 Å². The Bertz CT molecular complexity index is 1160. The van der Waals surface area contributed by atoms with Crippen LogP contribution in [0.4, 0.5) is 0 Å². The molecule has 4 aromatic rings. The van der Waals surface area contributed by atoms with Gasteiger partial charge in [0.2, 0.25) is 0 Å². The van der Waals surface area contributed by atoms with Crippen molar-refractivity contribution in [1.82, 2.24) is 9.47 Å². The molecule has 1 aromatic heterocycles. The van der Waals surface area contributed by atoms with Gasteiger partial charge >= 0.3 is 0 Å². The fraction of sp³-hybridized carbons (Fsp3) is 0.357. The Morgan fingerprint density at radius 2 is 1.39 bits per heavy atom. The third-order valence-corrected chi connectivity index (χ3v) is 7.05. The summed E-state index contributed by atoms with van der Waals surface area (Å²) < 4.78 is 7.73. The van der Waals surface area contributed by atoms with Crippen LogP contribution in [0.2, 0.25) is 0 Å². The Hall–Kier alpha value is -2.53. The zero-order valence-electron chi connectivity index (χ0n) is 19.4. The molecule has 4 nitrogen and oxygen atoms in total.